The monoisotopic (exact) mass is 749 g/mol. The summed E-state index contributed by atoms with van der Waals surface area (Å²) in [5.41, 5.74) is 2.06. The van der Waals surface area contributed by atoms with Crippen molar-refractivity contribution in [3.63, 3.8) is 0 Å². The second kappa shape index (κ2) is 12.7. The van der Waals surface area contributed by atoms with Gasteiger partial charge < -0.3 is 72.1 Å². The SMILES string of the molecule is CNC1C(C)(O)C(C)OC(CCOC2(C)C(C)(N)C(C)(C)C(C)(N)C(C)(COCC3(C)OC(C)(C(C)O)C(C)(O)C(C)(O)C3(C)N)C2(C)O)C1(C)O. The summed E-state index contributed by atoms with van der Waals surface area (Å²) in [4.78, 5) is 0. The van der Waals surface area contributed by atoms with Crippen molar-refractivity contribution >= 4 is 0 Å². The summed E-state index contributed by atoms with van der Waals surface area (Å²) in [6, 6.07) is -0.696. The molecule has 13 N–H and O–H groups in total. The topological polar surface area (TPSA) is 248 Å². The van der Waals surface area contributed by atoms with E-state index in [1.54, 1.807) is 55.5 Å². The first-order valence-electron chi connectivity index (χ1n) is 18.7. The van der Waals surface area contributed by atoms with Crippen LogP contribution < -0.4 is 22.5 Å². The Morgan fingerprint density at radius 3 is 1.67 bits per heavy atom. The highest BCUT2D eigenvalue weighted by Gasteiger charge is 2.79. The van der Waals surface area contributed by atoms with Crippen LogP contribution in [0.5, 0.6) is 0 Å². The van der Waals surface area contributed by atoms with Crippen molar-refractivity contribution in [3.05, 3.63) is 0 Å². The summed E-state index contributed by atoms with van der Waals surface area (Å²) in [7, 11) is 1.68. The number of ether oxygens (including phenoxy) is 4. The molecule has 14 nitrogen and oxygen atoms in total. The molecule has 16 unspecified atom stereocenters. The highest BCUT2D eigenvalue weighted by atomic mass is 16.6. The molecule has 2 saturated heterocycles. The molecule has 2 aliphatic heterocycles. The fourth-order valence-electron chi connectivity index (χ4n) is 10.1. The van der Waals surface area contributed by atoms with Crippen molar-refractivity contribution < 1.29 is 49.6 Å². The normalized spacial score (nSPS) is 57.5. The van der Waals surface area contributed by atoms with Crippen molar-refractivity contribution in [1.29, 1.82) is 0 Å². The molecule has 0 radical (unpaired) electrons. The van der Waals surface area contributed by atoms with Gasteiger partial charge >= 0.3 is 0 Å². The second-order valence-corrected chi connectivity index (χ2v) is 19.5. The third-order valence-corrected chi connectivity index (χ3v) is 16.8. The maximum absolute atomic E-state index is 12.9. The Labute approximate surface area is 312 Å². The van der Waals surface area contributed by atoms with Crippen LogP contribution in [0.1, 0.15) is 117 Å². The molecular weight excluding hydrogens is 672 g/mol. The lowest BCUT2D eigenvalue weighted by Crippen LogP contribution is -2.91. The maximum atomic E-state index is 12.9. The summed E-state index contributed by atoms with van der Waals surface area (Å²) in [5.74, 6) is 0. The van der Waals surface area contributed by atoms with Gasteiger partial charge in [0.05, 0.1) is 55.3 Å². The fourth-order valence-corrected chi connectivity index (χ4v) is 10.1. The lowest BCUT2D eigenvalue weighted by Gasteiger charge is -2.74. The molecule has 0 aromatic rings. The minimum absolute atomic E-state index is 0.0320. The summed E-state index contributed by atoms with van der Waals surface area (Å²) in [6.07, 6.45) is -2.31. The number of aliphatic hydroxyl groups excluding tert-OH is 1. The number of nitrogens with two attached hydrogens (primary N) is 3. The van der Waals surface area contributed by atoms with Crippen LogP contribution in [0.2, 0.25) is 0 Å². The molecule has 2 heterocycles. The van der Waals surface area contributed by atoms with Crippen molar-refractivity contribution in [1.82, 2.24) is 5.32 Å². The summed E-state index contributed by atoms with van der Waals surface area (Å²) in [6.45, 7) is 26.5. The van der Waals surface area contributed by atoms with E-state index in [-0.39, 0.29) is 26.2 Å². The van der Waals surface area contributed by atoms with Gasteiger partial charge in [0.2, 0.25) is 0 Å². The van der Waals surface area contributed by atoms with Crippen LogP contribution in [0.15, 0.2) is 0 Å². The molecule has 14 heteroatoms. The van der Waals surface area contributed by atoms with Gasteiger partial charge in [-0.3, -0.25) is 0 Å². The number of hydrogen-bond acceptors (Lipinski definition) is 14. The Hall–Kier alpha value is -0.560. The zero-order valence-electron chi connectivity index (χ0n) is 35.2. The van der Waals surface area contributed by atoms with Gasteiger partial charge in [0, 0.05) is 16.4 Å². The van der Waals surface area contributed by atoms with E-state index >= 15 is 0 Å². The maximum Gasteiger partial charge on any atom is 0.123 e. The standard InChI is InChI=1S/C38H76N4O10/c1-22(43)31(9)36(14,47)37(15,48)34(12,41)28(6,52-31)21-49-20-27(5)32(10,39)26(3,4)33(11,40)38(16,35(27,13)46)50-19-18-24-30(8,45)25(42-17)29(7,44)23(2)51-24/h22-25,42-48H,18-21,39-41H2,1-17H3. The lowest BCUT2D eigenvalue weighted by atomic mass is 9.37. The van der Waals surface area contributed by atoms with E-state index in [2.05, 4.69) is 5.32 Å². The molecule has 0 bridgehead atoms. The largest absolute Gasteiger partial charge is 0.390 e. The first-order valence-corrected chi connectivity index (χ1v) is 18.7. The van der Waals surface area contributed by atoms with Crippen LogP contribution in [0.25, 0.3) is 0 Å². The molecule has 0 aromatic carbocycles. The van der Waals surface area contributed by atoms with Gasteiger partial charge in [-0.1, -0.05) is 20.8 Å². The fraction of sp³-hybridized carbons (Fsp3) is 1.00. The number of likely N-dealkylation sites (N-methyl/N-ethyl adjacent to an activating group) is 1. The zero-order valence-corrected chi connectivity index (χ0v) is 35.2. The Bertz CT molecular complexity index is 1320. The van der Waals surface area contributed by atoms with Gasteiger partial charge in [0.15, 0.2) is 0 Å². The molecule has 1 aliphatic carbocycles. The van der Waals surface area contributed by atoms with E-state index in [9.17, 15) is 30.6 Å². The summed E-state index contributed by atoms with van der Waals surface area (Å²) in [5, 5.41) is 73.0. The molecule has 3 fully saturated rings. The van der Waals surface area contributed by atoms with Gasteiger partial charge in [-0.2, -0.15) is 0 Å². The van der Waals surface area contributed by atoms with Crippen LogP contribution in [-0.4, -0.2) is 143 Å². The molecule has 0 aromatic heterocycles. The molecule has 0 spiro atoms. The van der Waals surface area contributed by atoms with E-state index in [4.69, 9.17) is 36.1 Å². The van der Waals surface area contributed by atoms with Crippen molar-refractivity contribution in [2.24, 2.45) is 28.0 Å². The Kier molecular flexibility index (Phi) is 11.2. The van der Waals surface area contributed by atoms with E-state index in [0.29, 0.717) is 0 Å². The quantitative estimate of drug-likeness (QED) is 0.146. The van der Waals surface area contributed by atoms with Crippen molar-refractivity contribution in [2.75, 3.05) is 26.9 Å². The minimum Gasteiger partial charge on any atom is -0.390 e. The molecule has 3 aliphatic rings. The van der Waals surface area contributed by atoms with Crippen LogP contribution in [0.4, 0.5) is 0 Å². The molecule has 1 saturated carbocycles. The average Bonchev–Trinajstić information content (AvgIpc) is 2.97. The molecule has 308 valence electrons. The second-order valence-electron chi connectivity index (χ2n) is 19.5. The Morgan fingerprint density at radius 1 is 0.712 bits per heavy atom. The molecular formula is C38H76N4O10. The number of rotatable bonds is 10. The first-order chi connectivity index (χ1) is 22.8. The number of nitrogens with one attached hydrogen (secondary N) is 1. The van der Waals surface area contributed by atoms with Crippen LogP contribution in [0, 0.1) is 10.8 Å². The minimum atomic E-state index is -1.97. The smallest absolute Gasteiger partial charge is 0.123 e. The van der Waals surface area contributed by atoms with Crippen LogP contribution >= 0.6 is 0 Å². The van der Waals surface area contributed by atoms with Gasteiger partial charge in [-0.15, -0.1) is 0 Å². The summed E-state index contributed by atoms with van der Waals surface area (Å²) >= 11 is 0. The van der Waals surface area contributed by atoms with Gasteiger partial charge in [0.1, 0.15) is 44.8 Å². The first kappa shape index (κ1) is 45.8. The molecule has 16 atom stereocenters. The third-order valence-electron chi connectivity index (χ3n) is 16.8. The van der Waals surface area contributed by atoms with E-state index in [1.807, 2.05) is 34.6 Å². The van der Waals surface area contributed by atoms with E-state index in [0.717, 1.165) is 0 Å². The van der Waals surface area contributed by atoms with Crippen molar-refractivity contribution in [2.45, 2.75) is 203 Å². The van der Waals surface area contributed by atoms with Gasteiger partial charge in [-0.05, 0) is 103 Å². The molecule has 3 rings (SSSR count). The van der Waals surface area contributed by atoms with Crippen molar-refractivity contribution in [3.8, 4) is 0 Å². The molecule has 0 amide bonds. The summed E-state index contributed by atoms with van der Waals surface area (Å²) < 4.78 is 25.9. The Morgan fingerprint density at radius 2 is 1.21 bits per heavy atom. The lowest BCUT2D eigenvalue weighted by molar-refractivity contribution is -0.382. The Balaban J connectivity index is 2.01. The van der Waals surface area contributed by atoms with Crippen LogP contribution in [0.3, 0.4) is 0 Å². The third kappa shape index (κ3) is 5.41. The number of aliphatic hydroxyl groups is 6. The van der Waals surface area contributed by atoms with E-state index < -0.39 is 96.6 Å². The van der Waals surface area contributed by atoms with E-state index in [1.165, 1.54) is 27.7 Å². The predicted octanol–water partition coefficient (Wildman–Crippen LogP) is 0.425. The van der Waals surface area contributed by atoms with Gasteiger partial charge in [0.25, 0.3) is 0 Å². The highest BCUT2D eigenvalue weighted by molar-refractivity contribution is 5.33. The predicted molar refractivity (Wildman–Crippen MR) is 199 cm³/mol. The zero-order chi connectivity index (χ0) is 41.2. The molecule has 52 heavy (non-hydrogen) atoms. The number of hydrogen-bond donors (Lipinski definition) is 10. The van der Waals surface area contributed by atoms with Gasteiger partial charge in [-0.25, -0.2) is 0 Å². The highest BCUT2D eigenvalue weighted by Crippen LogP contribution is 2.65. The average molecular weight is 749 g/mol. The van der Waals surface area contributed by atoms with Crippen LogP contribution in [-0.2, 0) is 18.9 Å².